The Morgan fingerprint density at radius 1 is 1.29 bits per heavy atom. The van der Waals surface area contributed by atoms with E-state index in [9.17, 15) is 4.79 Å². The maximum absolute atomic E-state index is 12.3. The average Bonchev–Trinajstić information content (AvgIpc) is 2.43. The standard InChI is InChI=1S/C17H34N2O2/c1-13(2)7-8-18-16-10-15(6-5-9-20)11-19(12-16)17(21)14(3)4/h13-16,18,20H,5-12H2,1-4H3. The Labute approximate surface area is 130 Å². The fourth-order valence-electron chi connectivity index (χ4n) is 3.06. The van der Waals surface area contributed by atoms with E-state index in [1.807, 2.05) is 18.7 Å². The van der Waals surface area contributed by atoms with Crippen molar-refractivity contribution >= 4 is 5.91 Å². The number of rotatable bonds is 8. The first-order valence-electron chi connectivity index (χ1n) is 8.57. The molecule has 1 aliphatic rings. The molecule has 0 spiro atoms. The minimum absolute atomic E-state index is 0.0675. The van der Waals surface area contributed by atoms with Gasteiger partial charge in [0.1, 0.15) is 0 Å². The Morgan fingerprint density at radius 3 is 2.57 bits per heavy atom. The molecular weight excluding hydrogens is 264 g/mol. The van der Waals surface area contributed by atoms with Crippen LogP contribution in [0.15, 0.2) is 0 Å². The van der Waals surface area contributed by atoms with E-state index in [1.54, 1.807) is 0 Å². The molecule has 2 atom stereocenters. The number of amides is 1. The fourth-order valence-corrected chi connectivity index (χ4v) is 3.06. The number of nitrogens with one attached hydrogen (secondary N) is 1. The molecule has 124 valence electrons. The van der Waals surface area contributed by atoms with Crippen LogP contribution >= 0.6 is 0 Å². The van der Waals surface area contributed by atoms with Crippen LogP contribution in [0, 0.1) is 17.8 Å². The number of likely N-dealkylation sites (tertiary alicyclic amines) is 1. The molecule has 1 aliphatic heterocycles. The highest BCUT2D eigenvalue weighted by atomic mass is 16.2. The Hall–Kier alpha value is -0.610. The number of carbonyl (C=O) groups excluding carboxylic acids is 1. The van der Waals surface area contributed by atoms with E-state index >= 15 is 0 Å². The van der Waals surface area contributed by atoms with Gasteiger partial charge in [0.25, 0.3) is 0 Å². The molecular formula is C17H34N2O2. The molecule has 4 heteroatoms. The van der Waals surface area contributed by atoms with Crippen molar-refractivity contribution in [2.75, 3.05) is 26.2 Å². The summed E-state index contributed by atoms with van der Waals surface area (Å²) in [5, 5.41) is 12.7. The number of aliphatic hydroxyl groups excluding tert-OH is 1. The maximum atomic E-state index is 12.3. The van der Waals surface area contributed by atoms with Crippen LogP contribution in [-0.4, -0.2) is 48.2 Å². The van der Waals surface area contributed by atoms with Crippen LogP contribution in [-0.2, 0) is 4.79 Å². The number of hydrogen-bond acceptors (Lipinski definition) is 3. The Morgan fingerprint density at radius 2 is 2.00 bits per heavy atom. The minimum atomic E-state index is 0.0675. The molecule has 0 aromatic heterocycles. The van der Waals surface area contributed by atoms with Crippen molar-refractivity contribution in [1.29, 1.82) is 0 Å². The van der Waals surface area contributed by atoms with Crippen molar-refractivity contribution in [3.63, 3.8) is 0 Å². The number of carbonyl (C=O) groups is 1. The van der Waals surface area contributed by atoms with Crippen LogP contribution in [0.25, 0.3) is 0 Å². The van der Waals surface area contributed by atoms with Crippen LogP contribution in [0.4, 0.5) is 0 Å². The molecule has 1 rings (SSSR count). The second kappa shape index (κ2) is 9.42. The Kier molecular flexibility index (Phi) is 8.27. The molecule has 1 heterocycles. The van der Waals surface area contributed by atoms with Crippen LogP contribution in [0.2, 0.25) is 0 Å². The fraction of sp³-hybridized carbons (Fsp3) is 0.941. The summed E-state index contributed by atoms with van der Waals surface area (Å²) >= 11 is 0. The van der Waals surface area contributed by atoms with Gasteiger partial charge in [0.05, 0.1) is 0 Å². The molecule has 1 amide bonds. The van der Waals surface area contributed by atoms with Crippen molar-refractivity contribution < 1.29 is 9.90 Å². The molecule has 0 aromatic rings. The van der Waals surface area contributed by atoms with Crippen molar-refractivity contribution in [3.8, 4) is 0 Å². The largest absolute Gasteiger partial charge is 0.396 e. The van der Waals surface area contributed by atoms with E-state index in [0.717, 1.165) is 38.9 Å². The van der Waals surface area contributed by atoms with E-state index < -0.39 is 0 Å². The molecule has 1 saturated heterocycles. The SMILES string of the molecule is CC(C)CCNC1CC(CCCO)CN(C(=O)C(C)C)C1. The van der Waals surface area contributed by atoms with Crippen LogP contribution in [0.3, 0.4) is 0 Å². The van der Waals surface area contributed by atoms with Crippen molar-refractivity contribution in [1.82, 2.24) is 10.2 Å². The van der Waals surface area contributed by atoms with Gasteiger partial charge in [-0.15, -0.1) is 0 Å². The molecule has 2 unspecified atom stereocenters. The van der Waals surface area contributed by atoms with E-state index in [-0.39, 0.29) is 18.4 Å². The van der Waals surface area contributed by atoms with Gasteiger partial charge < -0.3 is 15.3 Å². The first-order valence-corrected chi connectivity index (χ1v) is 8.57. The summed E-state index contributed by atoms with van der Waals surface area (Å²) in [5.74, 6) is 1.56. The smallest absolute Gasteiger partial charge is 0.225 e. The highest BCUT2D eigenvalue weighted by Gasteiger charge is 2.30. The molecule has 1 fully saturated rings. The predicted octanol–water partition coefficient (Wildman–Crippen LogP) is 2.27. The first-order chi connectivity index (χ1) is 9.93. The van der Waals surface area contributed by atoms with Crippen molar-refractivity contribution in [2.24, 2.45) is 17.8 Å². The third-order valence-electron chi connectivity index (χ3n) is 4.27. The zero-order chi connectivity index (χ0) is 15.8. The van der Waals surface area contributed by atoms with Crippen LogP contribution in [0.5, 0.6) is 0 Å². The Bertz CT molecular complexity index is 305. The molecule has 0 aromatic carbocycles. The zero-order valence-electron chi connectivity index (χ0n) is 14.3. The van der Waals surface area contributed by atoms with Gasteiger partial charge in [-0.2, -0.15) is 0 Å². The molecule has 0 saturated carbocycles. The summed E-state index contributed by atoms with van der Waals surface area (Å²) in [4.78, 5) is 14.3. The molecule has 4 nitrogen and oxygen atoms in total. The third kappa shape index (κ3) is 6.79. The molecule has 0 aliphatic carbocycles. The van der Waals surface area contributed by atoms with Crippen molar-refractivity contribution in [2.45, 2.75) is 59.4 Å². The van der Waals surface area contributed by atoms with E-state index in [0.29, 0.717) is 17.9 Å². The zero-order valence-corrected chi connectivity index (χ0v) is 14.3. The number of piperidine rings is 1. The summed E-state index contributed by atoms with van der Waals surface area (Å²) in [6.45, 7) is 11.4. The number of hydrogen-bond donors (Lipinski definition) is 2. The van der Waals surface area contributed by atoms with E-state index in [4.69, 9.17) is 5.11 Å². The molecule has 0 radical (unpaired) electrons. The van der Waals surface area contributed by atoms with Gasteiger partial charge in [0.2, 0.25) is 5.91 Å². The summed E-state index contributed by atoms with van der Waals surface area (Å²) < 4.78 is 0. The lowest BCUT2D eigenvalue weighted by Gasteiger charge is -2.39. The normalized spacial score (nSPS) is 23.1. The lowest BCUT2D eigenvalue weighted by molar-refractivity contribution is -0.137. The lowest BCUT2D eigenvalue weighted by Crippen LogP contribution is -2.52. The average molecular weight is 298 g/mol. The monoisotopic (exact) mass is 298 g/mol. The predicted molar refractivity (Wildman–Crippen MR) is 87.1 cm³/mol. The second-order valence-electron chi connectivity index (χ2n) is 7.20. The van der Waals surface area contributed by atoms with Gasteiger partial charge in [-0.25, -0.2) is 0 Å². The highest BCUT2D eigenvalue weighted by Crippen LogP contribution is 2.23. The minimum Gasteiger partial charge on any atom is -0.396 e. The van der Waals surface area contributed by atoms with E-state index in [2.05, 4.69) is 19.2 Å². The van der Waals surface area contributed by atoms with Crippen LogP contribution in [0.1, 0.15) is 53.4 Å². The topological polar surface area (TPSA) is 52.6 Å². The molecule has 2 N–H and O–H groups in total. The Balaban J connectivity index is 2.54. The summed E-state index contributed by atoms with van der Waals surface area (Å²) in [6.07, 6.45) is 4.16. The molecule has 21 heavy (non-hydrogen) atoms. The van der Waals surface area contributed by atoms with Gasteiger partial charge in [-0.1, -0.05) is 27.7 Å². The summed E-state index contributed by atoms with van der Waals surface area (Å²) in [7, 11) is 0. The van der Waals surface area contributed by atoms with Gasteiger partial charge >= 0.3 is 0 Å². The summed E-state index contributed by atoms with van der Waals surface area (Å²) in [5.41, 5.74) is 0. The van der Waals surface area contributed by atoms with Gasteiger partial charge in [0, 0.05) is 31.7 Å². The first kappa shape index (κ1) is 18.4. The maximum Gasteiger partial charge on any atom is 0.225 e. The number of nitrogens with zero attached hydrogens (tertiary/aromatic N) is 1. The molecule has 0 bridgehead atoms. The van der Waals surface area contributed by atoms with Gasteiger partial charge in [-0.05, 0) is 44.1 Å². The van der Waals surface area contributed by atoms with Crippen molar-refractivity contribution in [3.05, 3.63) is 0 Å². The van der Waals surface area contributed by atoms with Crippen LogP contribution < -0.4 is 5.32 Å². The summed E-state index contributed by atoms with van der Waals surface area (Å²) in [6, 6.07) is 0.406. The van der Waals surface area contributed by atoms with Gasteiger partial charge in [0.15, 0.2) is 0 Å². The third-order valence-corrected chi connectivity index (χ3v) is 4.27. The van der Waals surface area contributed by atoms with Gasteiger partial charge in [-0.3, -0.25) is 4.79 Å². The van der Waals surface area contributed by atoms with E-state index in [1.165, 1.54) is 6.42 Å². The second-order valence-corrected chi connectivity index (χ2v) is 7.20. The number of aliphatic hydroxyl groups is 1. The lowest BCUT2D eigenvalue weighted by atomic mass is 9.89. The quantitative estimate of drug-likeness (QED) is 0.723. The highest BCUT2D eigenvalue weighted by molar-refractivity contribution is 5.78.